The summed E-state index contributed by atoms with van der Waals surface area (Å²) in [5.41, 5.74) is -0.159. The highest BCUT2D eigenvalue weighted by atomic mass is 32.2. The first-order chi connectivity index (χ1) is 15.7. The van der Waals surface area contributed by atoms with Gasteiger partial charge in [-0.05, 0) is 54.7 Å². The lowest BCUT2D eigenvalue weighted by Gasteiger charge is -2.15. The quantitative estimate of drug-likeness (QED) is 0.370. The summed E-state index contributed by atoms with van der Waals surface area (Å²) in [6.07, 6.45) is -0.0141. The van der Waals surface area contributed by atoms with E-state index in [4.69, 9.17) is 0 Å². The molecule has 11 heteroatoms. The van der Waals surface area contributed by atoms with Crippen LogP contribution in [-0.4, -0.2) is 25.6 Å². The maximum atomic E-state index is 14.2. The number of aromatic nitrogens is 1. The van der Waals surface area contributed by atoms with Crippen LogP contribution in [0.25, 0.3) is 6.08 Å². The molecule has 0 spiro atoms. The summed E-state index contributed by atoms with van der Waals surface area (Å²) in [4.78, 5) is 16.1. The van der Waals surface area contributed by atoms with Crippen LogP contribution in [0.5, 0.6) is 0 Å². The Morgan fingerprint density at radius 2 is 1.85 bits per heavy atom. The monoisotopic (exact) mass is 501 g/mol. The molecule has 186 valence electrons. The van der Waals surface area contributed by atoms with Crippen molar-refractivity contribution >= 4 is 27.7 Å². The van der Waals surface area contributed by atoms with E-state index < -0.39 is 39.7 Å². The fourth-order valence-corrected chi connectivity index (χ4v) is 3.62. The molecule has 1 heterocycles. The fourth-order valence-electron chi connectivity index (χ4n) is 3.05. The first-order valence-electron chi connectivity index (χ1n) is 10.5. The Hall–Kier alpha value is -2.95. The summed E-state index contributed by atoms with van der Waals surface area (Å²) < 4.78 is 78.0. The molecule has 2 aromatic rings. The van der Waals surface area contributed by atoms with E-state index in [1.807, 2.05) is 13.8 Å². The standard InChI is InChI=1S/C23H27F4N3O3S/c1-5-14(2)12-20-16(7-10-21(29-20)23(25,26)27)8-11-22(31)28-15(3)17-6-9-19(18(24)13-17)30-34(4,32)33/h6-11,13-15,30H,5,12H2,1-4H3,(H,28,31). The summed E-state index contributed by atoms with van der Waals surface area (Å²) in [7, 11) is -3.65. The summed E-state index contributed by atoms with van der Waals surface area (Å²) in [6, 6.07) is 5.35. The normalized spacial score (nSPS) is 14.1. The van der Waals surface area contributed by atoms with Gasteiger partial charge < -0.3 is 5.32 Å². The third-order valence-electron chi connectivity index (χ3n) is 5.10. The number of rotatable bonds is 9. The van der Waals surface area contributed by atoms with Gasteiger partial charge in [-0.2, -0.15) is 13.2 Å². The van der Waals surface area contributed by atoms with Crippen molar-refractivity contribution in [2.75, 3.05) is 11.0 Å². The van der Waals surface area contributed by atoms with Crippen LogP contribution in [0.3, 0.4) is 0 Å². The molecule has 0 radical (unpaired) electrons. The molecule has 1 amide bonds. The van der Waals surface area contributed by atoms with Crippen molar-refractivity contribution in [3.8, 4) is 0 Å². The Bertz CT molecular complexity index is 1160. The van der Waals surface area contributed by atoms with Gasteiger partial charge in [0.2, 0.25) is 15.9 Å². The van der Waals surface area contributed by atoms with Gasteiger partial charge in [0.1, 0.15) is 11.5 Å². The van der Waals surface area contributed by atoms with Crippen LogP contribution in [0, 0.1) is 11.7 Å². The molecule has 0 saturated heterocycles. The molecule has 0 fully saturated rings. The number of alkyl halides is 3. The van der Waals surface area contributed by atoms with E-state index >= 15 is 0 Å². The number of nitrogens with zero attached hydrogens (tertiary/aromatic N) is 1. The molecule has 1 aromatic carbocycles. The summed E-state index contributed by atoms with van der Waals surface area (Å²) in [6.45, 7) is 5.44. The van der Waals surface area contributed by atoms with Gasteiger partial charge in [-0.1, -0.05) is 32.4 Å². The average Bonchev–Trinajstić information content (AvgIpc) is 2.72. The van der Waals surface area contributed by atoms with E-state index in [0.717, 1.165) is 24.8 Å². The highest BCUT2D eigenvalue weighted by Crippen LogP contribution is 2.29. The van der Waals surface area contributed by atoms with Gasteiger partial charge in [0, 0.05) is 11.8 Å². The van der Waals surface area contributed by atoms with Crippen molar-refractivity contribution in [2.45, 2.75) is 45.8 Å². The molecule has 0 aliphatic rings. The predicted molar refractivity (Wildman–Crippen MR) is 123 cm³/mol. The van der Waals surface area contributed by atoms with Gasteiger partial charge in [0.05, 0.1) is 18.0 Å². The summed E-state index contributed by atoms with van der Waals surface area (Å²) >= 11 is 0. The minimum atomic E-state index is -4.57. The van der Waals surface area contributed by atoms with E-state index in [2.05, 4.69) is 15.0 Å². The Morgan fingerprint density at radius 1 is 1.18 bits per heavy atom. The van der Waals surface area contributed by atoms with Crippen molar-refractivity contribution < 1.29 is 30.8 Å². The zero-order valence-electron chi connectivity index (χ0n) is 19.2. The number of anilines is 1. The highest BCUT2D eigenvalue weighted by Gasteiger charge is 2.33. The van der Waals surface area contributed by atoms with Gasteiger partial charge in [-0.25, -0.2) is 17.8 Å². The van der Waals surface area contributed by atoms with Gasteiger partial charge in [-0.15, -0.1) is 0 Å². The van der Waals surface area contributed by atoms with Crippen LogP contribution < -0.4 is 10.0 Å². The lowest BCUT2D eigenvalue weighted by molar-refractivity contribution is -0.141. The zero-order valence-corrected chi connectivity index (χ0v) is 20.0. The molecule has 6 nitrogen and oxygen atoms in total. The smallest absolute Gasteiger partial charge is 0.346 e. The number of carbonyl (C=O) groups is 1. The minimum absolute atomic E-state index is 0.104. The number of hydrogen-bond donors (Lipinski definition) is 2. The second-order valence-corrected chi connectivity index (χ2v) is 9.87. The summed E-state index contributed by atoms with van der Waals surface area (Å²) in [5.74, 6) is -1.24. The Kier molecular flexibility index (Phi) is 8.82. The molecule has 0 bridgehead atoms. The molecule has 2 atom stereocenters. The number of pyridine rings is 1. The molecular weight excluding hydrogens is 474 g/mol. The number of halogens is 4. The molecule has 0 saturated carbocycles. The third kappa shape index (κ3) is 8.12. The van der Waals surface area contributed by atoms with Crippen molar-refractivity contribution in [3.63, 3.8) is 0 Å². The van der Waals surface area contributed by atoms with E-state index in [1.54, 1.807) is 6.92 Å². The Morgan fingerprint density at radius 3 is 2.41 bits per heavy atom. The number of benzene rings is 1. The highest BCUT2D eigenvalue weighted by molar-refractivity contribution is 7.92. The van der Waals surface area contributed by atoms with Crippen LogP contribution in [-0.2, 0) is 27.4 Å². The molecule has 0 aliphatic carbocycles. The number of hydrogen-bond acceptors (Lipinski definition) is 4. The van der Waals surface area contributed by atoms with E-state index in [9.17, 15) is 30.8 Å². The number of sulfonamides is 1. The Labute approximate surface area is 196 Å². The maximum Gasteiger partial charge on any atom is 0.433 e. The molecule has 2 rings (SSSR count). The lowest BCUT2D eigenvalue weighted by atomic mass is 9.98. The topological polar surface area (TPSA) is 88.2 Å². The fraction of sp³-hybridized carbons (Fsp3) is 0.391. The molecule has 34 heavy (non-hydrogen) atoms. The van der Waals surface area contributed by atoms with Gasteiger partial charge in [0.25, 0.3) is 0 Å². The zero-order chi connectivity index (χ0) is 25.7. The van der Waals surface area contributed by atoms with Crippen LogP contribution >= 0.6 is 0 Å². The SMILES string of the molecule is CCC(C)Cc1nc(C(F)(F)F)ccc1C=CC(=O)NC(C)c1ccc(NS(C)(=O)=O)c(F)c1. The molecule has 1 aromatic heterocycles. The minimum Gasteiger partial charge on any atom is -0.346 e. The molecule has 0 aliphatic heterocycles. The number of nitrogens with one attached hydrogen (secondary N) is 2. The lowest BCUT2D eigenvalue weighted by Crippen LogP contribution is -2.24. The predicted octanol–water partition coefficient (Wildman–Crippen LogP) is 5.09. The van der Waals surface area contributed by atoms with Crippen LogP contribution in [0.2, 0.25) is 0 Å². The number of carbonyl (C=O) groups excluding carboxylic acids is 1. The van der Waals surface area contributed by atoms with Gasteiger partial charge in [-0.3, -0.25) is 9.52 Å². The first kappa shape index (κ1) is 27.3. The van der Waals surface area contributed by atoms with E-state index in [0.29, 0.717) is 17.5 Å². The van der Waals surface area contributed by atoms with Crippen LogP contribution in [0.4, 0.5) is 23.2 Å². The van der Waals surface area contributed by atoms with Crippen molar-refractivity contribution in [3.05, 3.63) is 64.7 Å². The second-order valence-electron chi connectivity index (χ2n) is 8.12. The van der Waals surface area contributed by atoms with Gasteiger partial charge >= 0.3 is 6.18 Å². The summed E-state index contributed by atoms with van der Waals surface area (Å²) in [5, 5.41) is 2.64. The van der Waals surface area contributed by atoms with Crippen molar-refractivity contribution in [1.29, 1.82) is 0 Å². The largest absolute Gasteiger partial charge is 0.433 e. The van der Waals surface area contributed by atoms with Gasteiger partial charge in [0.15, 0.2) is 0 Å². The molecular formula is C23H27F4N3O3S. The first-order valence-corrected chi connectivity index (χ1v) is 12.4. The molecule has 2 N–H and O–H groups in total. The van der Waals surface area contributed by atoms with E-state index in [-0.39, 0.29) is 17.3 Å². The third-order valence-corrected chi connectivity index (χ3v) is 5.69. The second kappa shape index (κ2) is 11.0. The maximum absolute atomic E-state index is 14.2. The molecule has 2 unspecified atom stereocenters. The van der Waals surface area contributed by atoms with Crippen LogP contribution in [0.1, 0.15) is 55.7 Å². The van der Waals surface area contributed by atoms with E-state index in [1.165, 1.54) is 30.4 Å². The van der Waals surface area contributed by atoms with Crippen LogP contribution in [0.15, 0.2) is 36.4 Å². The number of amides is 1. The Balaban J connectivity index is 2.17. The van der Waals surface area contributed by atoms with Crippen molar-refractivity contribution in [2.24, 2.45) is 5.92 Å². The average molecular weight is 502 g/mol. The van der Waals surface area contributed by atoms with Crippen molar-refractivity contribution in [1.82, 2.24) is 10.3 Å².